The highest BCUT2D eigenvalue weighted by Gasteiger charge is 2.20. The van der Waals surface area contributed by atoms with Crippen LogP contribution >= 0.6 is 0 Å². The zero-order valence-corrected chi connectivity index (χ0v) is 9.80. The van der Waals surface area contributed by atoms with Gasteiger partial charge in [0.05, 0.1) is 6.61 Å². The quantitative estimate of drug-likeness (QED) is 0.538. The maximum Gasteiger partial charge on any atom is 0.328 e. The highest BCUT2D eigenvalue weighted by atomic mass is 16.4. The van der Waals surface area contributed by atoms with Crippen LogP contribution in [0.15, 0.2) is 24.3 Å². The zero-order valence-electron chi connectivity index (χ0n) is 9.80. The van der Waals surface area contributed by atoms with E-state index in [1.165, 1.54) is 0 Å². The highest BCUT2D eigenvalue weighted by molar-refractivity contribution is 5.97. The SMILES string of the molecule is NCCc1ccccc1C(=O)NC(CO)C(=O)O. The van der Waals surface area contributed by atoms with E-state index in [-0.39, 0.29) is 0 Å². The van der Waals surface area contributed by atoms with Gasteiger partial charge in [-0.1, -0.05) is 18.2 Å². The summed E-state index contributed by atoms with van der Waals surface area (Å²) in [5.74, 6) is -1.80. The molecule has 1 aromatic carbocycles. The number of hydrogen-bond acceptors (Lipinski definition) is 4. The summed E-state index contributed by atoms with van der Waals surface area (Å²) in [5.41, 5.74) is 6.57. The predicted octanol–water partition coefficient (Wildman–Crippen LogP) is -0.637. The lowest BCUT2D eigenvalue weighted by atomic mass is 10.0. The summed E-state index contributed by atoms with van der Waals surface area (Å²) in [5, 5.41) is 19.8. The maximum atomic E-state index is 11.9. The number of carboxylic acid groups (broad SMARTS) is 1. The van der Waals surface area contributed by atoms with Crippen LogP contribution in [-0.2, 0) is 11.2 Å². The molecule has 5 N–H and O–H groups in total. The number of nitrogens with one attached hydrogen (secondary N) is 1. The first-order chi connectivity index (χ1) is 8.60. The van der Waals surface area contributed by atoms with Gasteiger partial charge in [0.1, 0.15) is 0 Å². The molecule has 6 nitrogen and oxygen atoms in total. The summed E-state index contributed by atoms with van der Waals surface area (Å²) in [7, 11) is 0. The van der Waals surface area contributed by atoms with Crippen molar-refractivity contribution < 1.29 is 19.8 Å². The van der Waals surface area contributed by atoms with Gasteiger partial charge in [-0.3, -0.25) is 4.79 Å². The molecular formula is C12H16N2O4. The van der Waals surface area contributed by atoms with Crippen molar-refractivity contribution in [1.29, 1.82) is 0 Å². The second-order valence-electron chi connectivity index (χ2n) is 3.74. The van der Waals surface area contributed by atoms with E-state index < -0.39 is 24.5 Å². The Balaban J connectivity index is 2.86. The van der Waals surface area contributed by atoms with Crippen LogP contribution in [0.5, 0.6) is 0 Å². The molecule has 1 aromatic rings. The Labute approximate surface area is 104 Å². The molecule has 98 valence electrons. The molecule has 0 bridgehead atoms. The molecule has 1 rings (SSSR count). The van der Waals surface area contributed by atoms with Gasteiger partial charge in [-0.05, 0) is 24.6 Å². The van der Waals surface area contributed by atoms with E-state index >= 15 is 0 Å². The Morgan fingerprint density at radius 1 is 1.33 bits per heavy atom. The molecule has 0 aliphatic heterocycles. The first-order valence-corrected chi connectivity index (χ1v) is 5.52. The average Bonchev–Trinajstić information content (AvgIpc) is 2.36. The molecule has 0 aliphatic rings. The van der Waals surface area contributed by atoms with Crippen LogP contribution in [0.4, 0.5) is 0 Å². The van der Waals surface area contributed by atoms with Crippen molar-refractivity contribution >= 4 is 11.9 Å². The fourth-order valence-electron chi connectivity index (χ4n) is 1.54. The minimum absolute atomic E-state index is 0.377. The smallest absolute Gasteiger partial charge is 0.328 e. The maximum absolute atomic E-state index is 11.9. The summed E-state index contributed by atoms with van der Waals surface area (Å²) < 4.78 is 0. The molecular weight excluding hydrogens is 236 g/mol. The number of aliphatic carboxylic acids is 1. The van der Waals surface area contributed by atoms with E-state index in [1.54, 1.807) is 24.3 Å². The van der Waals surface area contributed by atoms with Gasteiger partial charge in [0.2, 0.25) is 0 Å². The van der Waals surface area contributed by atoms with Crippen molar-refractivity contribution in [3.8, 4) is 0 Å². The van der Waals surface area contributed by atoms with Crippen LogP contribution in [0.1, 0.15) is 15.9 Å². The lowest BCUT2D eigenvalue weighted by Gasteiger charge is -2.13. The van der Waals surface area contributed by atoms with Gasteiger partial charge in [0, 0.05) is 5.56 Å². The Morgan fingerprint density at radius 2 is 2.00 bits per heavy atom. The third-order valence-corrected chi connectivity index (χ3v) is 2.46. The number of aliphatic hydroxyl groups excluding tert-OH is 1. The molecule has 6 heteroatoms. The average molecular weight is 252 g/mol. The van der Waals surface area contributed by atoms with Gasteiger partial charge in [-0.15, -0.1) is 0 Å². The van der Waals surface area contributed by atoms with E-state index in [9.17, 15) is 9.59 Å². The van der Waals surface area contributed by atoms with Crippen molar-refractivity contribution in [3.63, 3.8) is 0 Å². The number of nitrogens with two attached hydrogens (primary N) is 1. The number of benzene rings is 1. The number of rotatable bonds is 6. The summed E-state index contributed by atoms with van der Waals surface area (Å²) in [4.78, 5) is 22.6. The van der Waals surface area contributed by atoms with E-state index in [0.29, 0.717) is 18.5 Å². The molecule has 0 radical (unpaired) electrons. The first-order valence-electron chi connectivity index (χ1n) is 5.52. The normalized spacial score (nSPS) is 11.9. The molecule has 0 saturated carbocycles. The van der Waals surface area contributed by atoms with Gasteiger partial charge < -0.3 is 21.3 Å². The van der Waals surface area contributed by atoms with E-state index in [4.69, 9.17) is 15.9 Å². The Morgan fingerprint density at radius 3 is 2.56 bits per heavy atom. The van der Waals surface area contributed by atoms with E-state index in [0.717, 1.165) is 5.56 Å². The van der Waals surface area contributed by atoms with Crippen molar-refractivity contribution in [2.75, 3.05) is 13.2 Å². The lowest BCUT2D eigenvalue weighted by molar-refractivity contribution is -0.140. The van der Waals surface area contributed by atoms with Gasteiger partial charge >= 0.3 is 5.97 Å². The van der Waals surface area contributed by atoms with Crippen molar-refractivity contribution in [2.24, 2.45) is 5.73 Å². The summed E-state index contributed by atoms with van der Waals surface area (Å²) >= 11 is 0. The number of carboxylic acids is 1. The monoisotopic (exact) mass is 252 g/mol. The fraction of sp³-hybridized carbons (Fsp3) is 0.333. The Hall–Kier alpha value is -1.92. The lowest BCUT2D eigenvalue weighted by Crippen LogP contribution is -2.43. The minimum atomic E-state index is -1.30. The first kappa shape index (κ1) is 14.1. The fourth-order valence-corrected chi connectivity index (χ4v) is 1.54. The highest BCUT2D eigenvalue weighted by Crippen LogP contribution is 2.09. The van der Waals surface area contributed by atoms with Gasteiger partial charge in [-0.2, -0.15) is 0 Å². The number of aliphatic hydroxyl groups is 1. The van der Waals surface area contributed by atoms with Crippen molar-refractivity contribution in [3.05, 3.63) is 35.4 Å². The molecule has 0 heterocycles. The number of amides is 1. The van der Waals surface area contributed by atoms with Crippen LogP contribution in [0.3, 0.4) is 0 Å². The summed E-state index contributed by atoms with van der Waals surface area (Å²) in [6.07, 6.45) is 0.528. The second-order valence-corrected chi connectivity index (χ2v) is 3.74. The Bertz CT molecular complexity index is 434. The molecule has 1 atom stereocenters. The van der Waals surface area contributed by atoms with Gasteiger partial charge in [0.25, 0.3) is 5.91 Å². The molecule has 1 amide bonds. The largest absolute Gasteiger partial charge is 0.480 e. The number of carbonyl (C=O) groups excluding carboxylic acids is 1. The molecule has 0 spiro atoms. The minimum Gasteiger partial charge on any atom is -0.480 e. The molecule has 0 fully saturated rings. The molecule has 1 unspecified atom stereocenters. The molecule has 18 heavy (non-hydrogen) atoms. The van der Waals surface area contributed by atoms with Crippen LogP contribution in [-0.4, -0.2) is 41.3 Å². The van der Waals surface area contributed by atoms with Crippen LogP contribution in [0, 0.1) is 0 Å². The van der Waals surface area contributed by atoms with Crippen molar-refractivity contribution in [1.82, 2.24) is 5.32 Å². The van der Waals surface area contributed by atoms with Crippen molar-refractivity contribution in [2.45, 2.75) is 12.5 Å². The van der Waals surface area contributed by atoms with Crippen LogP contribution < -0.4 is 11.1 Å². The van der Waals surface area contributed by atoms with E-state index in [1.807, 2.05) is 0 Å². The summed E-state index contributed by atoms with van der Waals surface area (Å²) in [6.45, 7) is -0.257. The molecule has 0 aliphatic carbocycles. The third-order valence-electron chi connectivity index (χ3n) is 2.46. The zero-order chi connectivity index (χ0) is 13.5. The van der Waals surface area contributed by atoms with Gasteiger partial charge in [-0.25, -0.2) is 4.79 Å². The van der Waals surface area contributed by atoms with Crippen LogP contribution in [0.25, 0.3) is 0 Å². The number of carbonyl (C=O) groups is 2. The van der Waals surface area contributed by atoms with Gasteiger partial charge in [0.15, 0.2) is 6.04 Å². The van der Waals surface area contributed by atoms with E-state index in [2.05, 4.69) is 5.32 Å². The standard InChI is InChI=1S/C12H16N2O4/c13-6-5-8-3-1-2-4-9(8)11(16)14-10(7-15)12(17)18/h1-4,10,15H,5-7,13H2,(H,14,16)(H,17,18). The molecule has 0 saturated heterocycles. The predicted molar refractivity (Wildman–Crippen MR) is 65.2 cm³/mol. The third kappa shape index (κ3) is 3.54. The Kier molecular flexibility index (Phi) is 5.29. The molecule has 0 aromatic heterocycles. The topological polar surface area (TPSA) is 113 Å². The second kappa shape index (κ2) is 6.73. The summed E-state index contributed by atoms with van der Waals surface area (Å²) in [6, 6.07) is 5.52. The van der Waals surface area contributed by atoms with Crippen LogP contribution in [0.2, 0.25) is 0 Å². The number of hydrogen-bond donors (Lipinski definition) is 4.